The van der Waals surface area contributed by atoms with Gasteiger partial charge >= 0.3 is 0 Å². The Hall–Kier alpha value is -1.35. The summed E-state index contributed by atoms with van der Waals surface area (Å²) in [5, 5.41) is 12.1. The zero-order valence-electron chi connectivity index (χ0n) is 19.0. The standard InChI is InChI=1S/C27H39NO.ClH/c1-4-6-10-19-24-26(23-17-13-9-14-18-23)28(3)25(22-15-11-8-12-16-22)21-27(24,29)20-7-5-2;/h8-9,11-18,24-26,29H,4-7,10,19-21H2,1-3H3;1H. The largest absolute Gasteiger partial charge is 0.389 e. The third-order valence-electron chi connectivity index (χ3n) is 6.96. The average Bonchev–Trinajstić information content (AvgIpc) is 2.76. The van der Waals surface area contributed by atoms with Crippen molar-refractivity contribution in [2.45, 2.75) is 82.9 Å². The van der Waals surface area contributed by atoms with Crippen molar-refractivity contribution in [2.75, 3.05) is 7.05 Å². The highest BCUT2D eigenvalue weighted by atomic mass is 35.5. The molecule has 0 aromatic heterocycles. The molecule has 0 saturated carbocycles. The average molecular weight is 430 g/mol. The smallest absolute Gasteiger partial charge is 0.0712 e. The minimum atomic E-state index is -0.614. The second-order valence-corrected chi connectivity index (χ2v) is 8.96. The number of aliphatic hydroxyl groups is 1. The second-order valence-electron chi connectivity index (χ2n) is 8.96. The van der Waals surface area contributed by atoms with E-state index >= 15 is 0 Å². The predicted octanol–water partition coefficient (Wildman–Crippen LogP) is 7.34. The van der Waals surface area contributed by atoms with Crippen LogP contribution in [0.5, 0.6) is 0 Å². The molecule has 4 unspecified atom stereocenters. The fourth-order valence-corrected chi connectivity index (χ4v) is 5.36. The van der Waals surface area contributed by atoms with E-state index in [9.17, 15) is 5.11 Å². The number of nitrogens with zero attached hydrogens (tertiary/aromatic N) is 1. The van der Waals surface area contributed by atoms with Crippen molar-refractivity contribution >= 4 is 12.4 Å². The summed E-state index contributed by atoms with van der Waals surface area (Å²) in [6, 6.07) is 22.1. The molecule has 4 atom stereocenters. The molecule has 2 aromatic rings. The van der Waals surface area contributed by atoms with Crippen LogP contribution in [0, 0.1) is 5.92 Å². The van der Waals surface area contributed by atoms with Gasteiger partial charge in [-0.15, -0.1) is 12.4 Å². The summed E-state index contributed by atoms with van der Waals surface area (Å²) >= 11 is 0. The molecule has 0 radical (unpaired) electrons. The number of halogens is 1. The molecular formula is C27H40ClNO. The van der Waals surface area contributed by atoms with Crippen molar-refractivity contribution in [3.8, 4) is 0 Å². The molecule has 2 nitrogen and oxygen atoms in total. The summed E-state index contributed by atoms with van der Waals surface area (Å²) in [7, 11) is 2.27. The molecule has 0 aliphatic carbocycles. The van der Waals surface area contributed by atoms with Crippen molar-refractivity contribution in [1.29, 1.82) is 0 Å². The van der Waals surface area contributed by atoms with Gasteiger partial charge in [-0.1, -0.05) is 107 Å². The summed E-state index contributed by atoms with van der Waals surface area (Å²) in [4.78, 5) is 2.54. The fraction of sp³-hybridized carbons (Fsp3) is 0.556. The van der Waals surface area contributed by atoms with E-state index in [1.54, 1.807) is 0 Å². The molecule has 0 bridgehead atoms. The monoisotopic (exact) mass is 429 g/mol. The molecule has 1 saturated heterocycles. The van der Waals surface area contributed by atoms with Gasteiger partial charge < -0.3 is 5.11 Å². The molecule has 1 N–H and O–H groups in total. The Kier molecular flexibility index (Phi) is 9.87. The van der Waals surface area contributed by atoms with Crippen LogP contribution in [0.2, 0.25) is 0 Å². The lowest BCUT2D eigenvalue weighted by Crippen LogP contribution is -2.53. The second kappa shape index (κ2) is 11.9. The Morgan fingerprint density at radius 3 is 2.00 bits per heavy atom. The van der Waals surface area contributed by atoms with Crippen molar-refractivity contribution in [2.24, 2.45) is 5.92 Å². The first-order chi connectivity index (χ1) is 14.1. The number of unbranched alkanes of at least 4 members (excludes halogenated alkanes) is 3. The summed E-state index contributed by atoms with van der Waals surface area (Å²) in [5.41, 5.74) is 2.04. The van der Waals surface area contributed by atoms with Crippen LogP contribution in [0.4, 0.5) is 0 Å². The highest BCUT2D eigenvalue weighted by Crippen LogP contribution is 2.52. The number of rotatable bonds is 9. The van der Waals surface area contributed by atoms with Crippen LogP contribution in [-0.4, -0.2) is 22.7 Å². The normalized spacial score (nSPS) is 26.9. The van der Waals surface area contributed by atoms with Crippen LogP contribution in [0.15, 0.2) is 60.7 Å². The molecule has 3 heteroatoms. The maximum atomic E-state index is 12.1. The molecule has 0 amide bonds. The molecule has 1 fully saturated rings. The van der Waals surface area contributed by atoms with Gasteiger partial charge in [-0.3, -0.25) is 4.90 Å². The van der Waals surface area contributed by atoms with Gasteiger partial charge in [0.15, 0.2) is 0 Å². The van der Waals surface area contributed by atoms with Crippen LogP contribution < -0.4 is 0 Å². The van der Waals surface area contributed by atoms with Crippen LogP contribution in [-0.2, 0) is 0 Å². The molecule has 2 aromatic carbocycles. The highest BCUT2D eigenvalue weighted by Gasteiger charge is 2.50. The fourth-order valence-electron chi connectivity index (χ4n) is 5.36. The summed E-state index contributed by atoms with van der Waals surface area (Å²) in [6.07, 6.45) is 8.71. The SMILES string of the molecule is CCCCCC1C(c2ccccc2)N(C)C(c2ccccc2)CC1(O)CCCC.Cl. The van der Waals surface area contributed by atoms with E-state index in [1.807, 2.05) is 0 Å². The van der Waals surface area contributed by atoms with E-state index < -0.39 is 5.60 Å². The maximum absolute atomic E-state index is 12.1. The predicted molar refractivity (Wildman–Crippen MR) is 130 cm³/mol. The Bertz CT molecular complexity index is 722. The van der Waals surface area contributed by atoms with Crippen LogP contribution in [0.25, 0.3) is 0 Å². The lowest BCUT2D eigenvalue weighted by atomic mass is 9.66. The molecule has 0 spiro atoms. The molecule has 166 valence electrons. The zero-order chi connectivity index (χ0) is 20.7. The molecule has 1 heterocycles. The van der Waals surface area contributed by atoms with Gasteiger partial charge in [-0.05, 0) is 37.4 Å². The first-order valence-electron chi connectivity index (χ1n) is 11.6. The van der Waals surface area contributed by atoms with Crippen LogP contribution in [0.1, 0.15) is 88.4 Å². The molecule has 30 heavy (non-hydrogen) atoms. The van der Waals surface area contributed by atoms with Crippen molar-refractivity contribution in [1.82, 2.24) is 4.90 Å². The highest BCUT2D eigenvalue weighted by molar-refractivity contribution is 5.85. The van der Waals surface area contributed by atoms with Crippen molar-refractivity contribution in [3.63, 3.8) is 0 Å². The van der Waals surface area contributed by atoms with Gasteiger partial charge in [-0.2, -0.15) is 0 Å². The van der Waals surface area contributed by atoms with Gasteiger partial charge in [-0.25, -0.2) is 0 Å². The van der Waals surface area contributed by atoms with Gasteiger partial charge in [0.25, 0.3) is 0 Å². The third-order valence-corrected chi connectivity index (χ3v) is 6.96. The Morgan fingerprint density at radius 2 is 1.43 bits per heavy atom. The van der Waals surface area contributed by atoms with Gasteiger partial charge in [0.05, 0.1) is 5.60 Å². The van der Waals surface area contributed by atoms with Gasteiger partial charge in [0.2, 0.25) is 0 Å². The summed E-state index contributed by atoms with van der Waals surface area (Å²) in [5.74, 6) is 0.271. The first-order valence-corrected chi connectivity index (χ1v) is 11.6. The summed E-state index contributed by atoms with van der Waals surface area (Å²) in [6.45, 7) is 4.49. The number of piperidine rings is 1. The van der Waals surface area contributed by atoms with E-state index in [1.165, 1.54) is 30.4 Å². The Balaban J connectivity index is 0.00000320. The molecular weight excluding hydrogens is 390 g/mol. The van der Waals surface area contributed by atoms with Crippen LogP contribution in [0.3, 0.4) is 0 Å². The Labute approximate surface area is 190 Å². The van der Waals surface area contributed by atoms with E-state index in [0.717, 1.165) is 32.1 Å². The van der Waals surface area contributed by atoms with E-state index in [2.05, 4.69) is 86.5 Å². The summed E-state index contributed by atoms with van der Waals surface area (Å²) < 4.78 is 0. The van der Waals surface area contributed by atoms with E-state index in [4.69, 9.17) is 0 Å². The molecule has 3 rings (SSSR count). The minimum absolute atomic E-state index is 0. The lowest BCUT2D eigenvalue weighted by molar-refractivity contribution is -0.129. The number of likely N-dealkylation sites (tertiary alicyclic amines) is 1. The topological polar surface area (TPSA) is 23.5 Å². The zero-order valence-corrected chi connectivity index (χ0v) is 19.8. The van der Waals surface area contributed by atoms with Crippen molar-refractivity contribution in [3.05, 3.63) is 71.8 Å². The van der Waals surface area contributed by atoms with Crippen molar-refractivity contribution < 1.29 is 5.11 Å². The third kappa shape index (κ3) is 5.66. The number of benzene rings is 2. The van der Waals surface area contributed by atoms with Gasteiger partial charge in [0, 0.05) is 18.0 Å². The number of hydrogen-bond donors (Lipinski definition) is 1. The van der Waals surface area contributed by atoms with Gasteiger partial charge in [0.1, 0.15) is 0 Å². The molecule has 1 aliphatic rings. The van der Waals surface area contributed by atoms with Crippen LogP contribution >= 0.6 is 12.4 Å². The maximum Gasteiger partial charge on any atom is 0.0712 e. The first kappa shape index (κ1) is 24.9. The van der Waals surface area contributed by atoms with E-state index in [-0.39, 0.29) is 30.4 Å². The minimum Gasteiger partial charge on any atom is -0.389 e. The number of hydrogen-bond acceptors (Lipinski definition) is 2. The lowest BCUT2D eigenvalue weighted by Gasteiger charge is -2.54. The molecule has 1 aliphatic heterocycles. The Morgan fingerprint density at radius 1 is 0.867 bits per heavy atom. The van der Waals surface area contributed by atoms with E-state index in [0.29, 0.717) is 0 Å². The quantitative estimate of drug-likeness (QED) is 0.421.